The van der Waals surface area contributed by atoms with Gasteiger partial charge in [-0.05, 0) is 31.5 Å². The average Bonchev–Trinajstić information content (AvgIpc) is 2.15. The molecule has 1 aromatic carbocycles. The number of nitrogens with one attached hydrogen (secondary N) is 1. The minimum atomic E-state index is 0.185. The molecule has 1 heterocycles. The molecule has 0 aromatic heterocycles. The van der Waals surface area contributed by atoms with Crippen LogP contribution < -0.4 is 5.32 Å². The van der Waals surface area contributed by atoms with Crippen LogP contribution in [0.1, 0.15) is 25.5 Å². The van der Waals surface area contributed by atoms with Crippen LogP contribution in [-0.2, 0) is 0 Å². The van der Waals surface area contributed by atoms with Crippen LogP contribution >= 0.6 is 39.3 Å². The van der Waals surface area contributed by atoms with Crippen LogP contribution in [0.15, 0.2) is 22.7 Å². The standard InChI is InChI=1S/C12H15BrClNS/c1-12(2)7-16-6-11(15-12)9-4-3-8(13)5-10(9)14/h3-5,11,15H,6-7H2,1-2H3. The fourth-order valence-electron chi connectivity index (χ4n) is 1.94. The van der Waals surface area contributed by atoms with Crippen molar-refractivity contribution in [1.82, 2.24) is 5.32 Å². The molecule has 2 rings (SSSR count). The van der Waals surface area contributed by atoms with E-state index < -0.39 is 0 Å². The summed E-state index contributed by atoms with van der Waals surface area (Å²) in [7, 11) is 0. The predicted octanol–water partition coefficient (Wildman–Crippen LogP) is 4.26. The maximum absolute atomic E-state index is 6.28. The van der Waals surface area contributed by atoms with Crippen LogP contribution in [0.25, 0.3) is 0 Å². The van der Waals surface area contributed by atoms with E-state index in [0.29, 0.717) is 6.04 Å². The third-order valence-corrected chi connectivity index (χ3v) is 4.97. The normalized spacial score (nSPS) is 24.4. The molecule has 1 unspecified atom stereocenters. The van der Waals surface area contributed by atoms with Gasteiger partial charge in [-0.15, -0.1) is 0 Å². The molecule has 4 heteroatoms. The van der Waals surface area contributed by atoms with Crippen molar-refractivity contribution >= 4 is 39.3 Å². The Hall–Kier alpha value is 0.300. The van der Waals surface area contributed by atoms with Crippen molar-refractivity contribution < 1.29 is 0 Å². The summed E-state index contributed by atoms with van der Waals surface area (Å²) >= 11 is 11.7. The Morgan fingerprint density at radius 2 is 2.25 bits per heavy atom. The quantitative estimate of drug-likeness (QED) is 0.830. The SMILES string of the molecule is CC1(C)CSCC(c2ccc(Br)cc2Cl)N1. The van der Waals surface area contributed by atoms with E-state index in [-0.39, 0.29) is 5.54 Å². The van der Waals surface area contributed by atoms with E-state index in [1.165, 1.54) is 5.56 Å². The highest BCUT2D eigenvalue weighted by Gasteiger charge is 2.29. The molecular weight excluding hydrogens is 306 g/mol. The van der Waals surface area contributed by atoms with Crippen molar-refractivity contribution in [3.05, 3.63) is 33.3 Å². The summed E-state index contributed by atoms with van der Waals surface area (Å²) < 4.78 is 1.03. The average molecular weight is 321 g/mol. The molecule has 0 radical (unpaired) electrons. The van der Waals surface area contributed by atoms with E-state index in [0.717, 1.165) is 21.0 Å². The van der Waals surface area contributed by atoms with Gasteiger partial charge >= 0.3 is 0 Å². The molecule has 1 atom stereocenters. The smallest absolute Gasteiger partial charge is 0.0465 e. The first-order chi connectivity index (χ1) is 7.48. The van der Waals surface area contributed by atoms with Crippen molar-refractivity contribution in [2.24, 2.45) is 0 Å². The third-order valence-electron chi connectivity index (χ3n) is 2.65. The van der Waals surface area contributed by atoms with Gasteiger partial charge in [0, 0.05) is 32.6 Å². The first-order valence-corrected chi connectivity index (χ1v) is 7.61. The first kappa shape index (κ1) is 12.7. The fraction of sp³-hybridized carbons (Fsp3) is 0.500. The number of rotatable bonds is 1. The molecule has 0 bridgehead atoms. The molecule has 1 aromatic rings. The third kappa shape index (κ3) is 2.95. The van der Waals surface area contributed by atoms with Crippen molar-refractivity contribution in [2.45, 2.75) is 25.4 Å². The maximum atomic E-state index is 6.28. The molecule has 1 fully saturated rings. The van der Waals surface area contributed by atoms with Gasteiger partial charge in [0.15, 0.2) is 0 Å². The minimum Gasteiger partial charge on any atom is -0.303 e. The molecule has 1 saturated heterocycles. The minimum absolute atomic E-state index is 0.185. The van der Waals surface area contributed by atoms with Crippen molar-refractivity contribution in [3.8, 4) is 0 Å². The monoisotopic (exact) mass is 319 g/mol. The van der Waals surface area contributed by atoms with E-state index in [9.17, 15) is 0 Å². The molecule has 88 valence electrons. The zero-order valence-corrected chi connectivity index (χ0v) is 12.5. The van der Waals surface area contributed by atoms with Crippen LogP contribution in [0, 0.1) is 0 Å². The highest BCUT2D eigenvalue weighted by atomic mass is 79.9. The summed E-state index contributed by atoms with van der Waals surface area (Å²) in [6, 6.07) is 6.47. The highest BCUT2D eigenvalue weighted by Crippen LogP contribution is 2.33. The molecule has 1 N–H and O–H groups in total. The Balaban J connectivity index is 2.23. The van der Waals surface area contributed by atoms with Crippen molar-refractivity contribution in [2.75, 3.05) is 11.5 Å². The summed E-state index contributed by atoms with van der Waals surface area (Å²) in [5.74, 6) is 2.24. The Kier molecular flexibility index (Phi) is 3.89. The molecule has 0 spiro atoms. The van der Waals surface area contributed by atoms with Gasteiger partial charge in [0.25, 0.3) is 0 Å². The number of halogens is 2. The highest BCUT2D eigenvalue weighted by molar-refractivity contribution is 9.10. The van der Waals surface area contributed by atoms with Gasteiger partial charge in [-0.25, -0.2) is 0 Å². The molecule has 0 saturated carbocycles. The van der Waals surface area contributed by atoms with E-state index in [1.807, 2.05) is 17.8 Å². The zero-order valence-electron chi connectivity index (χ0n) is 9.39. The van der Waals surface area contributed by atoms with E-state index in [4.69, 9.17) is 11.6 Å². The number of hydrogen-bond donors (Lipinski definition) is 1. The number of benzene rings is 1. The van der Waals surface area contributed by atoms with Gasteiger partial charge in [0.2, 0.25) is 0 Å². The molecule has 1 aliphatic rings. The Bertz CT molecular complexity index is 395. The molecule has 0 amide bonds. The van der Waals surface area contributed by atoms with E-state index in [1.54, 1.807) is 0 Å². The Labute approximate surface area is 114 Å². The second kappa shape index (κ2) is 4.89. The van der Waals surface area contributed by atoms with Gasteiger partial charge in [-0.2, -0.15) is 11.8 Å². The summed E-state index contributed by atoms with van der Waals surface area (Å²) in [5.41, 5.74) is 1.38. The van der Waals surface area contributed by atoms with Gasteiger partial charge in [0.05, 0.1) is 0 Å². The topological polar surface area (TPSA) is 12.0 Å². The second-order valence-corrected chi connectivity index (χ2v) is 7.11. The summed E-state index contributed by atoms with van der Waals surface area (Å²) in [6.45, 7) is 4.47. The lowest BCUT2D eigenvalue weighted by Gasteiger charge is -2.37. The van der Waals surface area contributed by atoms with Gasteiger partial charge in [0.1, 0.15) is 0 Å². The Morgan fingerprint density at radius 1 is 1.50 bits per heavy atom. The van der Waals surface area contributed by atoms with Crippen LogP contribution in [-0.4, -0.2) is 17.0 Å². The second-order valence-electron chi connectivity index (χ2n) is 4.76. The van der Waals surface area contributed by atoms with Crippen LogP contribution in [0.2, 0.25) is 5.02 Å². The Morgan fingerprint density at radius 3 is 2.88 bits per heavy atom. The lowest BCUT2D eigenvalue weighted by molar-refractivity contribution is 0.376. The van der Waals surface area contributed by atoms with Gasteiger partial charge < -0.3 is 5.32 Å². The van der Waals surface area contributed by atoms with Crippen molar-refractivity contribution in [3.63, 3.8) is 0 Å². The molecule has 0 aliphatic carbocycles. The maximum Gasteiger partial charge on any atom is 0.0465 e. The first-order valence-electron chi connectivity index (χ1n) is 5.28. The van der Waals surface area contributed by atoms with Crippen LogP contribution in [0.5, 0.6) is 0 Å². The van der Waals surface area contributed by atoms with Crippen LogP contribution in [0.4, 0.5) is 0 Å². The van der Waals surface area contributed by atoms with Crippen LogP contribution in [0.3, 0.4) is 0 Å². The van der Waals surface area contributed by atoms with Gasteiger partial charge in [-0.1, -0.05) is 33.6 Å². The molecular formula is C12H15BrClNS. The molecule has 1 nitrogen and oxygen atoms in total. The fourth-order valence-corrected chi connectivity index (χ4v) is 3.95. The largest absolute Gasteiger partial charge is 0.303 e. The van der Waals surface area contributed by atoms with E-state index >= 15 is 0 Å². The molecule has 1 aliphatic heterocycles. The lowest BCUT2D eigenvalue weighted by atomic mass is 10.0. The zero-order chi connectivity index (χ0) is 11.8. The van der Waals surface area contributed by atoms with Gasteiger partial charge in [-0.3, -0.25) is 0 Å². The molecule has 16 heavy (non-hydrogen) atoms. The predicted molar refractivity (Wildman–Crippen MR) is 76.4 cm³/mol. The number of thioether (sulfide) groups is 1. The van der Waals surface area contributed by atoms with Crippen molar-refractivity contribution in [1.29, 1.82) is 0 Å². The van der Waals surface area contributed by atoms with E-state index in [2.05, 4.69) is 47.2 Å². The summed E-state index contributed by atoms with van der Waals surface area (Å²) in [5, 5.41) is 4.49. The summed E-state index contributed by atoms with van der Waals surface area (Å²) in [6.07, 6.45) is 0. The summed E-state index contributed by atoms with van der Waals surface area (Å²) in [4.78, 5) is 0. The lowest BCUT2D eigenvalue weighted by Crippen LogP contribution is -2.48. The number of hydrogen-bond acceptors (Lipinski definition) is 2.